The van der Waals surface area contributed by atoms with Gasteiger partial charge in [-0.2, -0.15) is 0 Å². The number of para-hydroxylation sites is 1. The van der Waals surface area contributed by atoms with Crippen molar-refractivity contribution in [2.45, 2.75) is 6.10 Å². The molecule has 1 saturated heterocycles. The number of hydrogen-bond donors (Lipinski definition) is 1. The lowest BCUT2D eigenvalue weighted by atomic mass is 10.0. The topological polar surface area (TPSA) is 53.0 Å². The number of β-amino-alcohol motifs (C(OH)–C–C–N with tert-alkyl or cyclic N) is 1. The van der Waals surface area contributed by atoms with Crippen LogP contribution in [-0.2, 0) is 0 Å². The van der Waals surface area contributed by atoms with E-state index in [1.165, 1.54) is 6.07 Å². The van der Waals surface area contributed by atoms with Crippen LogP contribution in [0.1, 0.15) is 15.9 Å². The second-order valence-corrected chi connectivity index (χ2v) is 7.92. The molecule has 1 fully saturated rings. The van der Waals surface area contributed by atoms with Crippen molar-refractivity contribution in [3.63, 3.8) is 0 Å². The molecule has 1 atom stereocenters. The van der Waals surface area contributed by atoms with Gasteiger partial charge in [0.25, 0.3) is 0 Å². The minimum absolute atomic E-state index is 0.0355. The summed E-state index contributed by atoms with van der Waals surface area (Å²) in [7, 11) is 0. The van der Waals surface area contributed by atoms with E-state index in [1.54, 1.807) is 48.5 Å². The van der Waals surface area contributed by atoms with E-state index < -0.39 is 6.10 Å². The Hall–Kier alpha value is -3.22. The summed E-state index contributed by atoms with van der Waals surface area (Å²) in [4.78, 5) is 16.7. The van der Waals surface area contributed by atoms with Gasteiger partial charge in [0, 0.05) is 43.9 Å². The van der Waals surface area contributed by atoms with E-state index >= 15 is 0 Å². The number of carbonyl (C=O) groups is 1. The molecule has 5 nitrogen and oxygen atoms in total. The Bertz CT molecular complexity index is 1020. The molecule has 0 bridgehead atoms. The van der Waals surface area contributed by atoms with Crippen LogP contribution < -0.4 is 9.64 Å². The number of rotatable bonds is 8. The molecule has 0 radical (unpaired) electrons. The van der Waals surface area contributed by atoms with Gasteiger partial charge in [-0.25, -0.2) is 4.39 Å². The fraction of sp³-hybridized carbons (Fsp3) is 0.269. The van der Waals surface area contributed by atoms with Gasteiger partial charge in [0.05, 0.1) is 5.69 Å². The third kappa shape index (κ3) is 5.52. The molecule has 0 aliphatic carbocycles. The van der Waals surface area contributed by atoms with Crippen LogP contribution in [0.25, 0.3) is 0 Å². The molecular formula is C26H27FN2O3. The van der Waals surface area contributed by atoms with Crippen molar-refractivity contribution in [3.05, 3.63) is 95.8 Å². The summed E-state index contributed by atoms with van der Waals surface area (Å²) in [5, 5.41) is 10.4. The number of piperazine rings is 1. The molecule has 4 rings (SSSR count). The average molecular weight is 435 g/mol. The van der Waals surface area contributed by atoms with Gasteiger partial charge in [-0.05, 0) is 36.4 Å². The normalized spacial score (nSPS) is 15.4. The van der Waals surface area contributed by atoms with Gasteiger partial charge in [0.1, 0.15) is 24.3 Å². The average Bonchev–Trinajstić information content (AvgIpc) is 2.84. The smallest absolute Gasteiger partial charge is 0.193 e. The highest BCUT2D eigenvalue weighted by molar-refractivity contribution is 6.08. The van der Waals surface area contributed by atoms with Crippen LogP contribution in [0.15, 0.2) is 78.9 Å². The van der Waals surface area contributed by atoms with Crippen LogP contribution in [0.2, 0.25) is 0 Å². The van der Waals surface area contributed by atoms with Gasteiger partial charge in [-0.15, -0.1) is 0 Å². The zero-order chi connectivity index (χ0) is 22.3. The Balaban J connectivity index is 1.22. The van der Waals surface area contributed by atoms with Crippen molar-refractivity contribution in [1.29, 1.82) is 0 Å². The van der Waals surface area contributed by atoms with Crippen molar-refractivity contribution in [2.24, 2.45) is 0 Å². The second-order valence-electron chi connectivity index (χ2n) is 7.92. The molecule has 1 N–H and O–H groups in total. The van der Waals surface area contributed by atoms with Gasteiger partial charge < -0.3 is 14.7 Å². The first kappa shape index (κ1) is 22.0. The number of benzene rings is 3. The van der Waals surface area contributed by atoms with E-state index in [4.69, 9.17) is 4.74 Å². The number of anilines is 1. The van der Waals surface area contributed by atoms with Gasteiger partial charge in [0.15, 0.2) is 5.78 Å². The first-order valence-electron chi connectivity index (χ1n) is 10.8. The monoisotopic (exact) mass is 434 g/mol. The highest BCUT2D eigenvalue weighted by Crippen LogP contribution is 2.20. The van der Waals surface area contributed by atoms with Crippen LogP contribution in [-0.4, -0.2) is 61.2 Å². The Morgan fingerprint density at radius 1 is 0.875 bits per heavy atom. The molecule has 166 valence electrons. The number of ether oxygens (including phenoxy) is 1. The maximum atomic E-state index is 14.0. The molecule has 0 amide bonds. The summed E-state index contributed by atoms with van der Waals surface area (Å²) < 4.78 is 19.7. The zero-order valence-corrected chi connectivity index (χ0v) is 17.9. The lowest BCUT2D eigenvalue weighted by Crippen LogP contribution is -2.49. The quantitative estimate of drug-likeness (QED) is 0.549. The lowest BCUT2D eigenvalue weighted by molar-refractivity contribution is 0.0662. The lowest BCUT2D eigenvalue weighted by Gasteiger charge is -2.36. The van der Waals surface area contributed by atoms with Crippen LogP contribution in [0.4, 0.5) is 10.1 Å². The van der Waals surface area contributed by atoms with E-state index in [0.29, 0.717) is 42.2 Å². The van der Waals surface area contributed by atoms with Crippen LogP contribution >= 0.6 is 0 Å². The number of carbonyl (C=O) groups excluding carboxylic acids is 1. The number of nitrogens with zero attached hydrogens (tertiary/aromatic N) is 2. The Kier molecular flexibility index (Phi) is 7.14. The number of halogens is 1. The summed E-state index contributed by atoms with van der Waals surface area (Å²) in [6, 6.07) is 22.9. The van der Waals surface area contributed by atoms with E-state index in [0.717, 1.165) is 13.1 Å². The fourth-order valence-electron chi connectivity index (χ4n) is 3.88. The Morgan fingerprint density at radius 3 is 2.19 bits per heavy atom. The molecule has 3 aromatic rings. The Labute approximate surface area is 187 Å². The molecule has 1 heterocycles. The van der Waals surface area contributed by atoms with E-state index in [9.17, 15) is 14.3 Å². The first-order chi connectivity index (χ1) is 15.6. The second kappa shape index (κ2) is 10.4. The number of aliphatic hydroxyl groups is 1. The van der Waals surface area contributed by atoms with E-state index in [-0.39, 0.29) is 18.2 Å². The van der Waals surface area contributed by atoms with Crippen molar-refractivity contribution in [3.8, 4) is 5.75 Å². The summed E-state index contributed by atoms with van der Waals surface area (Å²) in [6.07, 6.45) is -0.638. The Morgan fingerprint density at radius 2 is 1.50 bits per heavy atom. The predicted octanol–water partition coefficient (Wildman–Crippen LogP) is 3.62. The minimum Gasteiger partial charge on any atom is -0.491 e. The minimum atomic E-state index is -0.638. The molecule has 1 aliphatic rings. The fourth-order valence-corrected chi connectivity index (χ4v) is 3.88. The van der Waals surface area contributed by atoms with Crippen molar-refractivity contribution < 1.29 is 19.0 Å². The summed E-state index contributed by atoms with van der Waals surface area (Å²) in [5.41, 5.74) is 1.87. The molecule has 0 aromatic heterocycles. The molecular weight excluding hydrogens is 407 g/mol. The highest BCUT2D eigenvalue weighted by atomic mass is 19.1. The van der Waals surface area contributed by atoms with E-state index in [1.807, 2.05) is 29.2 Å². The molecule has 1 aliphatic heterocycles. The number of aliphatic hydroxyl groups excluding tert-OH is 1. The standard InChI is InChI=1S/C26H27FN2O3/c27-24-8-4-5-9-25(24)29-16-14-28(15-17-29)18-22(30)19-32-23-12-10-21(11-13-23)26(31)20-6-2-1-3-7-20/h1-13,22,30H,14-19H2/t22-/m0/s1. The number of ketones is 1. The van der Waals surface area contributed by atoms with Crippen molar-refractivity contribution in [1.82, 2.24) is 4.90 Å². The molecule has 0 saturated carbocycles. The summed E-state index contributed by atoms with van der Waals surface area (Å²) in [6.45, 7) is 3.59. The van der Waals surface area contributed by atoms with Gasteiger partial charge in [-0.3, -0.25) is 9.69 Å². The first-order valence-corrected chi connectivity index (χ1v) is 10.8. The SMILES string of the molecule is O=C(c1ccccc1)c1ccc(OC[C@@H](O)CN2CCN(c3ccccc3F)CC2)cc1. The molecule has 3 aromatic carbocycles. The summed E-state index contributed by atoms with van der Waals surface area (Å²) in [5.74, 6) is 0.371. The predicted molar refractivity (Wildman–Crippen MR) is 123 cm³/mol. The van der Waals surface area contributed by atoms with Crippen molar-refractivity contribution >= 4 is 11.5 Å². The maximum Gasteiger partial charge on any atom is 0.193 e. The highest BCUT2D eigenvalue weighted by Gasteiger charge is 2.21. The molecule has 0 spiro atoms. The van der Waals surface area contributed by atoms with Gasteiger partial charge >= 0.3 is 0 Å². The summed E-state index contributed by atoms with van der Waals surface area (Å²) >= 11 is 0. The van der Waals surface area contributed by atoms with Crippen molar-refractivity contribution in [2.75, 3.05) is 44.2 Å². The third-order valence-electron chi connectivity index (χ3n) is 5.63. The zero-order valence-electron chi connectivity index (χ0n) is 17.9. The third-order valence-corrected chi connectivity index (χ3v) is 5.63. The maximum absolute atomic E-state index is 14.0. The van der Waals surface area contributed by atoms with Gasteiger partial charge in [0.2, 0.25) is 0 Å². The van der Waals surface area contributed by atoms with Crippen LogP contribution in [0, 0.1) is 5.82 Å². The van der Waals surface area contributed by atoms with Gasteiger partial charge in [-0.1, -0.05) is 42.5 Å². The number of hydrogen-bond acceptors (Lipinski definition) is 5. The van der Waals surface area contributed by atoms with Crippen LogP contribution in [0.3, 0.4) is 0 Å². The molecule has 0 unspecified atom stereocenters. The largest absolute Gasteiger partial charge is 0.491 e. The van der Waals surface area contributed by atoms with Crippen LogP contribution in [0.5, 0.6) is 5.75 Å². The molecule has 32 heavy (non-hydrogen) atoms. The molecule has 6 heteroatoms. The van der Waals surface area contributed by atoms with E-state index in [2.05, 4.69) is 4.90 Å².